The van der Waals surface area contributed by atoms with Crippen molar-refractivity contribution in [3.8, 4) is 0 Å². The number of ketones is 1. The van der Waals surface area contributed by atoms with Crippen molar-refractivity contribution in [2.45, 2.75) is 32.9 Å². The Kier molecular flexibility index (Phi) is 8.10. The van der Waals surface area contributed by atoms with Crippen molar-refractivity contribution in [2.24, 2.45) is 0 Å². The molecule has 2 amide bonds. The quantitative estimate of drug-likeness (QED) is 0.282. The number of benzene rings is 1. The second kappa shape index (κ2) is 10.8. The molecule has 0 unspecified atom stereocenters. The Hall–Kier alpha value is -2.91. The van der Waals surface area contributed by atoms with Crippen LogP contribution in [0.3, 0.4) is 0 Å². The molecule has 3 rings (SSSR count). The number of ether oxygens (including phenoxy) is 2. The number of methoxy groups -OCH3 is 1. The SMILES string of the molecule is COCCn1c(C)cc(C(=O)COC(=O)[C@@H](CCSC)N2C(=O)c3ccccc3C2=O)c1C. The van der Waals surface area contributed by atoms with Crippen LogP contribution in [0.2, 0.25) is 0 Å². The molecule has 0 radical (unpaired) electrons. The number of nitrogens with zero attached hydrogens (tertiary/aromatic N) is 2. The minimum Gasteiger partial charge on any atom is -0.456 e. The fraction of sp³-hybridized carbons (Fsp3) is 0.417. The summed E-state index contributed by atoms with van der Waals surface area (Å²) < 4.78 is 12.4. The Balaban J connectivity index is 1.74. The van der Waals surface area contributed by atoms with Crippen LogP contribution in [-0.4, -0.2) is 71.4 Å². The molecule has 176 valence electrons. The maximum Gasteiger partial charge on any atom is 0.329 e. The van der Waals surface area contributed by atoms with Crippen molar-refractivity contribution >= 4 is 35.3 Å². The third-order valence-electron chi connectivity index (χ3n) is 5.74. The van der Waals surface area contributed by atoms with Gasteiger partial charge in [-0.1, -0.05) is 12.1 Å². The van der Waals surface area contributed by atoms with Crippen molar-refractivity contribution in [1.82, 2.24) is 9.47 Å². The third kappa shape index (κ3) is 5.04. The van der Waals surface area contributed by atoms with Gasteiger partial charge in [-0.3, -0.25) is 19.3 Å². The number of rotatable bonds is 11. The van der Waals surface area contributed by atoms with Crippen LogP contribution in [0.4, 0.5) is 0 Å². The summed E-state index contributed by atoms with van der Waals surface area (Å²) >= 11 is 1.49. The van der Waals surface area contributed by atoms with Crippen molar-refractivity contribution in [2.75, 3.05) is 32.3 Å². The van der Waals surface area contributed by atoms with Gasteiger partial charge in [-0.15, -0.1) is 0 Å². The van der Waals surface area contributed by atoms with E-state index >= 15 is 0 Å². The van der Waals surface area contributed by atoms with Gasteiger partial charge in [-0.2, -0.15) is 11.8 Å². The number of carbonyl (C=O) groups is 4. The highest BCUT2D eigenvalue weighted by atomic mass is 32.2. The van der Waals surface area contributed by atoms with E-state index in [0.29, 0.717) is 24.5 Å². The molecule has 0 saturated carbocycles. The lowest BCUT2D eigenvalue weighted by Gasteiger charge is -2.24. The fourth-order valence-electron chi connectivity index (χ4n) is 3.99. The van der Waals surface area contributed by atoms with Crippen LogP contribution in [-0.2, 0) is 20.8 Å². The number of hydrogen-bond donors (Lipinski definition) is 0. The van der Waals surface area contributed by atoms with Crippen molar-refractivity contribution < 1.29 is 28.7 Å². The number of esters is 1. The number of hydrogen-bond acceptors (Lipinski definition) is 7. The second-order valence-electron chi connectivity index (χ2n) is 7.78. The van der Waals surface area contributed by atoms with Crippen LogP contribution < -0.4 is 0 Å². The summed E-state index contributed by atoms with van der Waals surface area (Å²) in [5, 5.41) is 0. The van der Waals surface area contributed by atoms with E-state index in [2.05, 4.69) is 0 Å². The van der Waals surface area contributed by atoms with Crippen molar-refractivity contribution in [3.05, 3.63) is 58.4 Å². The van der Waals surface area contributed by atoms with Crippen LogP contribution in [0, 0.1) is 13.8 Å². The Morgan fingerprint density at radius 3 is 2.30 bits per heavy atom. The molecule has 0 spiro atoms. The molecule has 33 heavy (non-hydrogen) atoms. The fourth-order valence-corrected chi connectivity index (χ4v) is 4.45. The van der Waals surface area contributed by atoms with Crippen molar-refractivity contribution in [3.63, 3.8) is 0 Å². The highest BCUT2D eigenvalue weighted by Gasteiger charge is 2.43. The van der Waals surface area contributed by atoms with E-state index in [4.69, 9.17) is 9.47 Å². The summed E-state index contributed by atoms with van der Waals surface area (Å²) in [7, 11) is 1.61. The normalized spacial score (nSPS) is 13.9. The number of fused-ring (bicyclic) bond motifs is 1. The molecule has 8 nitrogen and oxygen atoms in total. The molecule has 1 atom stereocenters. The number of imide groups is 1. The van der Waals surface area contributed by atoms with Gasteiger partial charge in [0.1, 0.15) is 6.04 Å². The number of aromatic nitrogens is 1. The summed E-state index contributed by atoms with van der Waals surface area (Å²) in [4.78, 5) is 52.4. The van der Waals surface area contributed by atoms with E-state index in [-0.39, 0.29) is 23.3 Å². The smallest absolute Gasteiger partial charge is 0.329 e. The van der Waals surface area contributed by atoms with E-state index in [1.807, 2.05) is 24.7 Å². The van der Waals surface area contributed by atoms with Crippen LogP contribution in [0.25, 0.3) is 0 Å². The molecule has 1 aromatic heterocycles. The Bertz CT molecular complexity index is 1040. The van der Waals surface area contributed by atoms with E-state index in [1.165, 1.54) is 11.8 Å². The van der Waals surface area contributed by atoms with Gasteiger partial charge in [-0.05, 0) is 50.5 Å². The molecule has 0 N–H and O–H groups in total. The van der Waals surface area contributed by atoms with Crippen molar-refractivity contribution in [1.29, 1.82) is 0 Å². The average molecular weight is 473 g/mol. The van der Waals surface area contributed by atoms with Gasteiger partial charge in [0.2, 0.25) is 5.78 Å². The summed E-state index contributed by atoms with van der Waals surface area (Å²) in [5.74, 6) is -1.61. The molecule has 2 heterocycles. The summed E-state index contributed by atoms with van der Waals surface area (Å²) in [6.07, 6.45) is 2.11. The van der Waals surface area contributed by atoms with Gasteiger partial charge >= 0.3 is 5.97 Å². The first kappa shape index (κ1) is 24.7. The number of aryl methyl sites for hydroxylation is 1. The number of thioether (sulfide) groups is 1. The molecule has 1 aromatic carbocycles. The first-order chi connectivity index (χ1) is 15.8. The Labute approximate surface area is 197 Å². The Morgan fingerprint density at radius 2 is 1.73 bits per heavy atom. The molecule has 1 aliphatic rings. The van der Waals surface area contributed by atoms with Gasteiger partial charge in [-0.25, -0.2) is 4.79 Å². The van der Waals surface area contributed by atoms with Crippen LogP contribution in [0.1, 0.15) is 48.9 Å². The zero-order valence-corrected chi connectivity index (χ0v) is 20.1. The summed E-state index contributed by atoms with van der Waals surface area (Å²) in [6.45, 7) is 4.38. The Morgan fingerprint density at radius 1 is 1.09 bits per heavy atom. The van der Waals surface area contributed by atoms with Gasteiger partial charge in [0.15, 0.2) is 6.61 Å². The van der Waals surface area contributed by atoms with Crippen LogP contribution >= 0.6 is 11.8 Å². The van der Waals surface area contributed by atoms with Crippen LogP contribution in [0.15, 0.2) is 30.3 Å². The minimum atomic E-state index is -1.09. The molecule has 0 saturated heterocycles. The van der Waals surface area contributed by atoms with Gasteiger partial charge in [0.05, 0.1) is 17.7 Å². The minimum absolute atomic E-state index is 0.241. The lowest BCUT2D eigenvalue weighted by Crippen LogP contribution is -2.46. The second-order valence-corrected chi connectivity index (χ2v) is 8.77. The monoisotopic (exact) mass is 472 g/mol. The first-order valence-corrected chi connectivity index (χ1v) is 12.0. The molecule has 0 fully saturated rings. The number of Topliss-reactive ketones (excluding diaryl/α,β-unsaturated/α-hetero) is 1. The van der Waals surface area contributed by atoms with Crippen LogP contribution in [0.5, 0.6) is 0 Å². The zero-order valence-electron chi connectivity index (χ0n) is 19.3. The first-order valence-electron chi connectivity index (χ1n) is 10.6. The molecule has 0 bridgehead atoms. The van der Waals surface area contributed by atoms with Gasteiger partial charge in [0.25, 0.3) is 11.8 Å². The average Bonchev–Trinajstić information content (AvgIpc) is 3.24. The highest BCUT2D eigenvalue weighted by molar-refractivity contribution is 7.98. The maximum absolute atomic E-state index is 13.0. The predicted octanol–water partition coefficient (Wildman–Crippen LogP) is 2.90. The standard InChI is InChI=1S/C24H28N2O6S/c1-15-13-19(16(2)25(15)10-11-31-3)21(27)14-32-24(30)20(9-12-33-4)26-22(28)17-7-5-6-8-18(17)23(26)29/h5-8,13,20H,9-12,14H2,1-4H3/t20-/m1/s1. The topological polar surface area (TPSA) is 94.9 Å². The predicted molar refractivity (Wildman–Crippen MR) is 125 cm³/mol. The van der Waals surface area contributed by atoms with E-state index < -0.39 is 30.4 Å². The van der Waals surface area contributed by atoms with E-state index in [1.54, 1.807) is 37.4 Å². The summed E-state index contributed by atoms with van der Waals surface area (Å²) in [6, 6.07) is 7.14. The molecule has 0 aliphatic carbocycles. The van der Waals surface area contributed by atoms with E-state index in [9.17, 15) is 19.2 Å². The number of carbonyl (C=O) groups excluding carboxylic acids is 4. The summed E-state index contributed by atoms with van der Waals surface area (Å²) in [5.41, 5.74) is 2.68. The lowest BCUT2D eigenvalue weighted by molar-refractivity contribution is -0.147. The maximum atomic E-state index is 13.0. The molecule has 2 aromatic rings. The van der Waals surface area contributed by atoms with Gasteiger partial charge in [0, 0.05) is 30.6 Å². The molecular weight excluding hydrogens is 444 g/mol. The van der Waals surface area contributed by atoms with E-state index in [0.717, 1.165) is 16.3 Å². The zero-order chi connectivity index (χ0) is 24.1. The highest BCUT2D eigenvalue weighted by Crippen LogP contribution is 2.27. The lowest BCUT2D eigenvalue weighted by atomic mass is 10.1. The third-order valence-corrected chi connectivity index (χ3v) is 6.39. The largest absolute Gasteiger partial charge is 0.456 e. The van der Waals surface area contributed by atoms with Gasteiger partial charge < -0.3 is 14.0 Å². The number of amides is 2. The molecule has 9 heteroatoms. The molecular formula is C24H28N2O6S. The molecule has 1 aliphatic heterocycles.